The van der Waals surface area contributed by atoms with Crippen molar-refractivity contribution in [3.05, 3.63) is 0 Å². The molecule has 0 bridgehead atoms. The molecule has 0 radical (unpaired) electrons. The van der Waals surface area contributed by atoms with Crippen molar-refractivity contribution in [1.82, 2.24) is 5.32 Å². The summed E-state index contributed by atoms with van der Waals surface area (Å²) in [6, 6.07) is 0. The second kappa shape index (κ2) is 6.89. The molecule has 1 aliphatic rings. The lowest BCUT2D eigenvalue weighted by atomic mass is 9.83. The van der Waals surface area contributed by atoms with Crippen LogP contribution in [-0.4, -0.2) is 25.7 Å². The first kappa shape index (κ1) is 13.5. The zero-order valence-corrected chi connectivity index (χ0v) is 10.7. The van der Waals surface area contributed by atoms with E-state index in [1.165, 1.54) is 32.1 Å². The molecule has 1 aliphatic carbocycles. The van der Waals surface area contributed by atoms with Crippen molar-refractivity contribution in [3.63, 3.8) is 0 Å². The van der Waals surface area contributed by atoms with Gasteiger partial charge in [-0.25, -0.2) is 0 Å². The molecule has 1 saturated carbocycles. The molecule has 0 heterocycles. The van der Waals surface area contributed by atoms with E-state index < -0.39 is 0 Å². The van der Waals surface area contributed by atoms with Crippen LogP contribution in [0.5, 0.6) is 0 Å². The Kier molecular flexibility index (Phi) is 5.81. The Morgan fingerprint density at radius 2 is 2.00 bits per heavy atom. The highest BCUT2D eigenvalue weighted by atomic mass is 16.5. The fraction of sp³-hybridized carbons (Fsp3) is 0.923. The van der Waals surface area contributed by atoms with Crippen molar-refractivity contribution in [2.24, 2.45) is 5.41 Å². The van der Waals surface area contributed by atoms with Crippen LogP contribution in [0.3, 0.4) is 0 Å². The van der Waals surface area contributed by atoms with Crippen LogP contribution in [0.2, 0.25) is 0 Å². The van der Waals surface area contributed by atoms with E-state index in [0.29, 0.717) is 18.4 Å². The minimum absolute atomic E-state index is 0.0908. The van der Waals surface area contributed by atoms with E-state index in [0.717, 1.165) is 13.1 Å². The number of nitrogens with one attached hydrogen (secondary N) is 1. The third kappa shape index (κ3) is 4.12. The van der Waals surface area contributed by atoms with Crippen LogP contribution in [0.15, 0.2) is 0 Å². The molecule has 0 saturated heterocycles. The third-order valence-corrected chi connectivity index (χ3v) is 3.73. The predicted molar refractivity (Wildman–Crippen MR) is 65.3 cm³/mol. The first-order chi connectivity index (χ1) is 7.72. The second-order valence-electron chi connectivity index (χ2n) is 4.79. The van der Waals surface area contributed by atoms with Gasteiger partial charge in [-0.1, -0.05) is 19.8 Å². The van der Waals surface area contributed by atoms with Crippen LogP contribution in [0.4, 0.5) is 0 Å². The average Bonchev–Trinajstić information content (AvgIpc) is 2.74. The fourth-order valence-electron chi connectivity index (χ4n) is 2.56. The summed E-state index contributed by atoms with van der Waals surface area (Å²) in [5.74, 6) is -0.0908. The van der Waals surface area contributed by atoms with Gasteiger partial charge in [-0.2, -0.15) is 0 Å². The Hall–Kier alpha value is -0.570. The lowest BCUT2D eigenvalue weighted by molar-refractivity contribution is -0.143. The number of carbonyl (C=O) groups excluding carboxylic acids is 1. The standard InChI is InChI=1S/C13H25NO2/c1-3-13(8-5-6-9-13)11-14-10-7-12(15)16-4-2/h14H,3-11H2,1-2H3. The molecular formula is C13H25NO2. The van der Waals surface area contributed by atoms with Crippen molar-refractivity contribution in [1.29, 1.82) is 0 Å². The molecule has 1 fully saturated rings. The zero-order chi connectivity index (χ0) is 11.9. The second-order valence-corrected chi connectivity index (χ2v) is 4.79. The molecule has 1 N–H and O–H groups in total. The largest absolute Gasteiger partial charge is 0.466 e. The minimum atomic E-state index is -0.0908. The van der Waals surface area contributed by atoms with Crippen LogP contribution >= 0.6 is 0 Å². The molecule has 0 aliphatic heterocycles. The SMILES string of the molecule is CCOC(=O)CCNCC1(CC)CCCC1. The molecule has 3 nitrogen and oxygen atoms in total. The van der Waals surface area contributed by atoms with Crippen LogP contribution in [0, 0.1) is 5.41 Å². The average molecular weight is 227 g/mol. The minimum Gasteiger partial charge on any atom is -0.466 e. The van der Waals surface area contributed by atoms with Gasteiger partial charge in [-0.3, -0.25) is 4.79 Å². The van der Waals surface area contributed by atoms with Gasteiger partial charge in [0.2, 0.25) is 0 Å². The van der Waals surface area contributed by atoms with Gasteiger partial charge in [0, 0.05) is 13.1 Å². The summed E-state index contributed by atoms with van der Waals surface area (Å²) < 4.78 is 4.89. The van der Waals surface area contributed by atoms with Crippen molar-refractivity contribution >= 4 is 5.97 Å². The van der Waals surface area contributed by atoms with Gasteiger partial charge in [0.15, 0.2) is 0 Å². The maximum atomic E-state index is 11.1. The lowest BCUT2D eigenvalue weighted by Gasteiger charge is -2.27. The number of hydrogen-bond donors (Lipinski definition) is 1. The predicted octanol–water partition coefficient (Wildman–Crippen LogP) is 2.50. The molecule has 3 heteroatoms. The van der Waals surface area contributed by atoms with Crippen LogP contribution < -0.4 is 5.32 Å². The maximum absolute atomic E-state index is 11.1. The summed E-state index contributed by atoms with van der Waals surface area (Å²) in [6.45, 7) is 6.41. The summed E-state index contributed by atoms with van der Waals surface area (Å²) >= 11 is 0. The monoisotopic (exact) mass is 227 g/mol. The van der Waals surface area contributed by atoms with Gasteiger partial charge in [-0.15, -0.1) is 0 Å². The Labute approximate surface area is 98.9 Å². The van der Waals surface area contributed by atoms with Gasteiger partial charge in [0.05, 0.1) is 13.0 Å². The molecule has 0 unspecified atom stereocenters. The van der Waals surface area contributed by atoms with E-state index in [-0.39, 0.29) is 5.97 Å². The van der Waals surface area contributed by atoms with Gasteiger partial charge in [0.25, 0.3) is 0 Å². The van der Waals surface area contributed by atoms with E-state index in [1.807, 2.05) is 6.92 Å². The van der Waals surface area contributed by atoms with E-state index in [9.17, 15) is 4.79 Å². The molecule has 0 amide bonds. The highest BCUT2D eigenvalue weighted by molar-refractivity contribution is 5.69. The van der Waals surface area contributed by atoms with Gasteiger partial charge in [0.1, 0.15) is 0 Å². The zero-order valence-electron chi connectivity index (χ0n) is 10.7. The van der Waals surface area contributed by atoms with E-state index >= 15 is 0 Å². The summed E-state index contributed by atoms with van der Waals surface area (Å²) in [7, 11) is 0. The van der Waals surface area contributed by atoms with Crippen molar-refractivity contribution in [2.45, 2.75) is 52.4 Å². The lowest BCUT2D eigenvalue weighted by Crippen LogP contribution is -2.33. The molecule has 0 aromatic rings. The van der Waals surface area contributed by atoms with Crippen molar-refractivity contribution < 1.29 is 9.53 Å². The van der Waals surface area contributed by atoms with E-state index in [4.69, 9.17) is 4.74 Å². The molecule has 0 aromatic heterocycles. The summed E-state index contributed by atoms with van der Waals surface area (Å²) in [6.07, 6.45) is 7.17. The molecule has 0 aromatic carbocycles. The van der Waals surface area contributed by atoms with Crippen LogP contribution in [-0.2, 0) is 9.53 Å². The quantitative estimate of drug-likeness (QED) is 0.536. The Bertz CT molecular complexity index is 210. The van der Waals surface area contributed by atoms with Crippen LogP contribution in [0.25, 0.3) is 0 Å². The summed E-state index contributed by atoms with van der Waals surface area (Å²) in [4.78, 5) is 11.1. The normalized spacial score (nSPS) is 18.6. The molecule has 0 atom stereocenters. The Balaban J connectivity index is 2.12. The number of ether oxygens (including phenoxy) is 1. The highest BCUT2D eigenvalue weighted by Crippen LogP contribution is 2.40. The summed E-state index contributed by atoms with van der Waals surface area (Å²) in [5, 5.41) is 3.41. The van der Waals surface area contributed by atoms with E-state index in [1.54, 1.807) is 0 Å². The van der Waals surface area contributed by atoms with Gasteiger partial charge in [-0.05, 0) is 31.6 Å². The Morgan fingerprint density at radius 1 is 1.31 bits per heavy atom. The number of rotatable bonds is 7. The fourth-order valence-corrected chi connectivity index (χ4v) is 2.56. The molecule has 0 spiro atoms. The topological polar surface area (TPSA) is 38.3 Å². The number of carbonyl (C=O) groups is 1. The maximum Gasteiger partial charge on any atom is 0.307 e. The van der Waals surface area contributed by atoms with Crippen molar-refractivity contribution in [3.8, 4) is 0 Å². The highest BCUT2D eigenvalue weighted by Gasteiger charge is 2.31. The van der Waals surface area contributed by atoms with Crippen LogP contribution in [0.1, 0.15) is 52.4 Å². The molecular weight excluding hydrogens is 202 g/mol. The van der Waals surface area contributed by atoms with Crippen molar-refractivity contribution in [2.75, 3.05) is 19.7 Å². The smallest absolute Gasteiger partial charge is 0.307 e. The first-order valence-corrected chi connectivity index (χ1v) is 6.59. The third-order valence-electron chi connectivity index (χ3n) is 3.73. The van der Waals surface area contributed by atoms with Gasteiger partial charge < -0.3 is 10.1 Å². The van der Waals surface area contributed by atoms with E-state index in [2.05, 4.69) is 12.2 Å². The Morgan fingerprint density at radius 3 is 2.56 bits per heavy atom. The summed E-state index contributed by atoms with van der Waals surface area (Å²) in [5.41, 5.74) is 0.509. The number of esters is 1. The molecule has 94 valence electrons. The number of hydrogen-bond acceptors (Lipinski definition) is 3. The first-order valence-electron chi connectivity index (χ1n) is 6.59. The van der Waals surface area contributed by atoms with Gasteiger partial charge >= 0.3 is 5.97 Å². The molecule has 1 rings (SSSR count). The molecule has 16 heavy (non-hydrogen) atoms.